The third-order valence-electron chi connectivity index (χ3n) is 2.90. The molecule has 6 heteroatoms. The second-order valence-electron chi connectivity index (χ2n) is 4.23. The Morgan fingerprint density at radius 1 is 1.19 bits per heavy atom. The lowest BCUT2D eigenvalue weighted by molar-refractivity contribution is 1.08. The molecule has 0 unspecified atom stereocenters. The molecule has 1 aromatic carbocycles. The molecule has 0 radical (unpaired) electrons. The quantitative estimate of drug-likeness (QED) is 0.438. The summed E-state index contributed by atoms with van der Waals surface area (Å²) in [7, 11) is 0. The molecule has 0 amide bonds. The van der Waals surface area contributed by atoms with Crippen molar-refractivity contribution in [2.24, 2.45) is 5.73 Å². The molecule has 3 aromatic rings. The number of nitrogens with two attached hydrogens (primary N) is 1. The van der Waals surface area contributed by atoms with Crippen molar-refractivity contribution in [2.45, 2.75) is 10.8 Å². The molecule has 0 atom stereocenters. The molecule has 0 saturated carbocycles. The highest BCUT2D eigenvalue weighted by Gasteiger charge is 2.07. The minimum Gasteiger partial charge on any atom is -0.341 e. The van der Waals surface area contributed by atoms with E-state index in [4.69, 9.17) is 5.73 Å². The molecule has 2 heterocycles. The zero-order valence-corrected chi connectivity index (χ0v) is 12.0. The number of thioether (sulfide) groups is 1. The Morgan fingerprint density at radius 2 is 2.10 bits per heavy atom. The molecule has 0 aliphatic carbocycles. The highest BCUT2D eigenvalue weighted by Crippen LogP contribution is 2.26. The predicted octanol–water partition coefficient (Wildman–Crippen LogP) is 1.96. The first-order valence-corrected chi connectivity index (χ1v) is 7.41. The average molecular weight is 295 g/mol. The summed E-state index contributed by atoms with van der Waals surface area (Å²) in [6.45, 7) is 0.363. The van der Waals surface area contributed by atoms with Gasteiger partial charge in [0.2, 0.25) is 0 Å². The van der Waals surface area contributed by atoms with Crippen LogP contribution in [0.1, 0.15) is 11.1 Å². The number of hydrogen-bond acceptors (Lipinski definition) is 5. The van der Waals surface area contributed by atoms with Crippen LogP contribution in [0.25, 0.3) is 11.2 Å². The second kappa shape index (κ2) is 6.39. The molecule has 5 nitrogen and oxygen atoms in total. The molecule has 0 aliphatic heterocycles. The van der Waals surface area contributed by atoms with E-state index < -0.39 is 0 Å². The van der Waals surface area contributed by atoms with Crippen molar-refractivity contribution >= 4 is 22.9 Å². The monoisotopic (exact) mass is 295 g/mol. The summed E-state index contributed by atoms with van der Waals surface area (Å²) in [6, 6.07) is 8.06. The molecule has 0 aliphatic rings. The SMILES string of the molecule is NCC#Cc1ccccc1CSc1ncnc2nc[nH]c12. The molecule has 3 N–H and O–H groups in total. The molecular weight excluding hydrogens is 282 g/mol. The maximum Gasteiger partial charge on any atom is 0.181 e. The molecule has 0 spiro atoms. The first-order chi connectivity index (χ1) is 10.4. The van der Waals surface area contributed by atoms with Crippen molar-refractivity contribution in [1.82, 2.24) is 19.9 Å². The Morgan fingerprint density at radius 3 is 3.00 bits per heavy atom. The lowest BCUT2D eigenvalue weighted by atomic mass is 10.1. The maximum absolute atomic E-state index is 5.44. The Kier molecular flexibility index (Phi) is 4.15. The van der Waals surface area contributed by atoms with Crippen molar-refractivity contribution in [3.8, 4) is 11.8 Å². The van der Waals surface area contributed by atoms with Gasteiger partial charge < -0.3 is 10.7 Å². The summed E-state index contributed by atoms with van der Waals surface area (Å²) in [5.41, 5.74) is 9.15. The van der Waals surface area contributed by atoms with Crippen molar-refractivity contribution in [1.29, 1.82) is 0 Å². The lowest BCUT2D eigenvalue weighted by Crippen LogP contribution is -1.94. The first kappa shape index (κ1) is 13.6. The highest BCUT2D eigenvalue weighted by atomic mass is 32.2. The molecule has 0 bridgehead atoms. The average Bonchev–Trinajstić information content (AvgIpc) is 3.01. The van der Waals surface area contributed by atoms with Crippen LogP contribution in [0.2, 0.25) is 0 Å². The summed E-state index contributed by atoms with van der Waals surface area (Å²) in [5.74, 6) is 6.77. The molecule has 104 valence electrons. The molecule has 21 heavy (non-hydrogen) atoms. The molecule has 0 fully saturated rings. The summed E-state index contributed by atoms with van der Waals surface area (Å²) in [6.07, 6.45) is 3.16. The summed E-state index contributed by atoms with van der Waals surface area (Å²) >= 11 is 1.63. The van der Waals surface area contributed by atoms with E-state index in [1.54, 1.807) is 18.1 Å². The molecule has 0 saturated heterocycles. The van der Waals surface area contributed by atoms with Crippen LogP contribution in [0, 0.1) is 11.8 Å². The number of rotatable bonds is 3. The zero-order chi connectivity index (χ0) is 14.5. The zero-order valence-electron chi connectivity index (χ0n) is 11.2. The standard InChI is InChI=1S/C15H13N5S/c16-7-3-6-11-4-1-2-5-12(11)8-21-15-13-14(18-9-17-13)19-10-20-15/h1-2,4-5,9-10H,7-8,16H2,(H,17,18,19,20). The van der Waals surface area contributed by atoms with Gasteiger partial charge in [-0.2, -0.15) is 0 Å². The molecule has 3 rings (SSSR count). The smallest absolute Gasteiger partial charge is 0.181 e. The fourth-order valence-electron chi connectivity index (χ4n) is 1.91. The number of hydrogen-bond donors (Lipinski definition) is 2. The number of aromatic nitrogens is 4. The van der Waals surface area contributed by atoms with Gasteiger partial charge >= 0.3 is 0 Å². The minimum absolute atomic E-state index is 0.363. The Balaban J connectivity index is 1.83. The number of nitrogens with zero attached hydrogens (tertiary/aromatic N) is 3. The Bertz CT molecular complexity index is 815. The maximum atomic E-state index is 5.44. The van der Waals surface area contributed by atoms with Gasteiger partial charge in [-0.25, -0.2) is 15.0 Å². The molecule has 2 aromatic heterocycles. The fraction of sp³-hybridized carbons (Fsp3) is 0.133. The summed E-state index contributed by atoms with van der Waals surface area (Å²) in [4.78, 5) is 15.6. The van der Waals surface area contributed by atoms with Gasteiger partial charge in [0.15, 0.2) is 5.65 Å². The van der Waals surface area contributed by atoms with Crippen molar-refractivity contribution < 1.29 is 0 Å². The van der Waals surface area contributed by atoms with Gasteiger partial charge in [0, 0.05) is 11.3 Å². The van der Waals surface area contributed by atoms with Gasteiger partial charge in [-0.05, 0) is 11.6 Å². The van der Waals surface area contributed by atoms with Crippen molar-refractivity contribution in [2.75, 3.05) is 6.54 Å². The van der Waals surface area contributed by atoms with E-state index in [0.717, 1.165) is 27.4 Å². The lowest BCUT2D eigenvalue weighted by Gasteiger charge is -2.04. The topological polar surface area (TPSA) is 80.5 Å². The van der Waals surface area contributed by atoms with E-state index in [1.165, 1.54) is 6.33 Å². The van der Waals surface area contributed by atoms with E-state index in [2.05, 4.69) is 37.8 Å². The van der Waals surface area contributed by atoms with Gasteiger partial charge in [-0.1, -0.05) is 41.8 Å². The second-order valence-corrected chi connectivity index (χ2v) is 5.20. The normalized spacial score (nSPS) is 10.3. The van der Waals surface area contributed by atoms with Gasteiger partial charge in [0.1, 0.15) is 16.9 Å². The van der Waals surface area contributed by atoms with Crippen LogP contribution in [-0.4, -0.2) is 26.5 Å². The van der Waals surface area contributed by atoms with Crippen LogP contribution < -0.4 is 5.73 Å². The van der Waals surface area contributed by atoms with Crippen LogP contribution in [-0.2, 0) is 5.75 Å². The Labute approximate surface area is 126 Å². The number of H-pyrrole nitrogens is 1. The van der Waals surface area contributed by atoms with E-state index in [1.807, 2.05) is 18.2 Å². The van der Waals surface area contributed by atoms with Crippen LogP contribution in [0.5, 0.6) is 0 Å². The summed E-state index contributed by atoms with van der Waals surface area (Å²) in [5, 5.41) is 0.888. The number of imidazole rings is 1. The van der Waals surface area contributed by atoms with Crippen LogP contribution >= 0.6 is 11.8 Å². The van der Waals surface area contributed by atoms with E-state index >= 15 is 0 Å². The molecular formula is C15H13N5S. The van der Waals surface area contributed by atoms with Gasteiger partial charge in [0.05, 0.1) is 12.9 Å². The van der Waals surface area contributed by atoms with Crippen molar-refractivity contribution in [3.63, 3.8) is 0 Å². The van der Waals surface area contributed by atoms with E-state index in [9.17, 15) is 0 Å². The largest absolute Gasteiger partial charge is 0.341 e. The van der Waals surface area contributed by atoms with Crippen LogP contribution in [0.15, 0.2) is 41.9 Å². The van der Waals surface area contributed by atoms with Crippen LogP contribution in [0.4, 0.5) is 0 Å². The predicted molar refractivity (Wildman–Crippen MR) is 83.6 cm³/mol. The summed E-state index contributed by atoms with van der Waals surface area (Å²) < 4.78 is 0. The van der Waals surface area contributed by atoms with E-state index in [-0.39, 0.29) is 0 Å². The first-order valence-electron chi connectivity index (χ1n) is 6.42. The van der Waals surface area contributed by atoms with Gasteiger partial charge in [-0.3, -0.25) is 0 Å². The number of aromatic amines is 1. The van der Waals surface area contributed by atoms with Crippen molar-refractivity contribution in [3.05, 3.63) is 48.0 Å². The minimum atomic E-state index is 0.363. The number of nitrogens with one attached hydrogen (secondary N) is 1. The third kappa shape index (κ3) is 3.05. The van der Waals surface area contributed by atoms with Gasteiger partial charge in [0.25, 0.3) is 0 Å². The Hall–Kier alpha value is -2.36. The van der Waals surface area contributed by atoms with Crippen LogP contribution in [0.3, 0.4) is 0 Å². The highest BCUT2D eigenvalue weighted by molar-refractivity contribution is 7.98. The van der Waals surface area contributed by atoms with E-state index in [0.29, 0.717) is 12.2 Å². The van der Waals surface area contributed by atoms with Gasteiger partial charge in [-0.15, -0.1) is 0 Å². The fourth-order valence-corrected chi connectivity index (χ4v) is 2.87. The number of fused-ring (bicyclic) bond motifs is 1. The number of benzene rings is 1. The third-order valence-corrected chi connectivity index (χ3v) is 3.93.